The molecule has 1 atom stereocenters. The first-order chi connectivity index (χ1) is 9.06. The molecule has 1 aliphatic rings. The summed E-state index contributed by atoms with van der Waals surface area (Å²) in [6.45, 7) is 3.57. The number of carbonyl (C=O) groups excluding carboxylic acids is 1. The molecular weight excluding hydrogens is 262 g/mol. The normalized spacial score (nSPS) is 17.2. The molecule has 4 N–H and O–H groups in total. The van der Waals surface area contributed by atoms with Crippen molar-refractivity contribution in [2.75, 3.05) is 24.6 Å². The Morgan fingerprint density at radius 1 is 1.26 bits per heavy atom. The van der Waals surface area contributed by atoms with Crippen LogP contribution in [0.5, 0.6) is 0 Å². The number of hydrogen-bond acceptors (Lipinski definition) is 6. The second kappa shape index (κ2) is 6.10. The quantitative estimate of drug-likeness (QED) is 0.636. The summed E-state index contributed by atoms with van der Waals surface area (Å²) in [5, 5.41) is 0.231. The summed E-state index contributed by atoms with van der Waals surface area (Å²) in [5.74, 6) is 0.787. The molecule has 0 spiro atoms. The second-order valence-corrected chi connectivity index (χ2v) is 5.95. The molecule has 1 unspecified atom stereocenters. The van der Waals surface area contributed by atoms with Crippen molar-refractivity contribution in [1.29, 1.82) is 0 Å². The lowest BCUT2D eigenvalue weighted by molar-refractivity contribution is -0.131. The zero-order valence-corrected chi connectivity index (χ0v) is 11.8. The van der Waals surface area contributed by atoms with E-state index in [1.54, 1.807) is 0 Å². The summed E-state index contributed by atoms with van der Waals surface area (Å²) in [6, 6.07) is 1.50. The van der Waals surface area contributed by atoms with E-state index in [4.69, 9.17) is 11.5 Å². The molecule has 0 saturated carbocycles. The van der Waals surface area contributed by atoms with E-state index in [-0.39, 0.29) is 11.2 Å². The Balaban J connectivity index is 1.99. The molecule has 1 aromatic rings. The van der Waals surface area contributed by atoms with Crippen molar-refractivity contribution in [2.45, 2.75) is 36.6 Å². The summed E-state index contributed by atoms with van der Waals surface area (Å²) < 4.78 is 0. The minimum atomic E-state index is -0.223. The number of piperidine rings is 1. The van der Waals surface area contributed by atoms with Gasteiger partial charge in [-0.15, -0.1) is 0 Å². The number of hydrogen-bond donors (Lipinski definition) is 2. The topological polar surface area (TPSA) is 98.1 Å². The molecule has 0 bridgehead atoms. The molecule has 1 saturated heterocycles. The third kappa shape index (κ3) is 3.73. The van der Waals surface area contributed by atoms with Crippen LogP contribution < -0.4 is 11.5 Å². The molecule has 1 amide bonds. The van der Waals surface area contributed by atoms with Gasteiger partial charge in [-0.1, -0.05) is 11.8 Å². The number of aromatic nitrogens is 2. The average molecular weight is 281 g/mol. The predicted octanol–water partition coefficient (Wildman–Crippen LogP) is 1.13. The molecule has 0 aromatic carbocycles. The lowest BCUT2D eigenvalue weighted by atomic mass is 10.1. The number of nitrogens with two attached hydrogens (primary N) is 2. The Hall–Kier alpha value is -1.50. The number of carbonyl (C=O) groups is 1. The van der Waals surface area contributed by atoms with Gasteiger partial charge in [0.15, 0.2) is 5.16 Å². The number of thioether (sulfide) groups is 1. The summed E-state index contributed by atoms with van der Waals surface area (Å²) >= 11 is 1.30. The smallest absolute Gasteiger partial charge is 0.235 e. The zero-order valence-electron chi connectivity index (χ0n) is 11.0. The largest absolute Gasteiger partial charge is 0.383 e. The van der Waals surface area contributed by atoms with E-state index in [1.165, 1.54) is 24.2 Å². The van der Waals surface area contributed by atoms with Crippen molar-refractivity contribution in [3.8, 4) is 0 Å². The maximum absolute atomic E-state index is 12.3. The van der Waals surface area contributed by atoms with Crippen LogP contribution in [0.4, 0.5) is 11.6 Å². The first-order valence-corrected chi connectivity index (χ1v) is 7.29. The van der Waals surface area contributed by atoms with E-state index < -0.39 is 0 Å². The van der Waals surface area contributed by atoms with Crippen LogP contribution in [-0.4, -0.2) is 39.1 Å². The Morgan fingerprint density at radius 2 is 1.84 bits per heavy atom. The fourth-order valence-corrected chi connectivity index (χ4v) is 2.98. The Kier molecular flexibility index (Phi) is 4.47. The summed E-state index contributed by atoms with van der Waals surface area (Å²) in [6.07, 6.45) is 3.38. The van der Waals surface area contributed by atoms with Gasteiger partial charge in [0.25, 0.3) is 0 Å². The first kappa shape index (κ1) is 13.9. The molecule has 0 radical (unpaired) electrons. The minimum Gasteiger partial charge on any atom is -0.383 e. The van der Waals surface area contributed by atoms with Crippen molar-refractivity contribution in [3.05, 3.63) is 6.07 Å². The third-order valence-electron chi connectivity index (χ3n) is 3.04. The van der Waals surface area contributed by atoms with Crippen LogP contribution >= 0.6 is 11.8 Å². The Labute approximate surface area is 117 Å². The fraction of sp³-hybridized carbons (Fsp3) is 0.583. The zero-order chi connectivity index (χ0) is 13.8. The highest BCUT2D eigenvalue weighted by Gasteiger charge is 2.23. The molecule has 1 aromatic heterocycles. The van der Waals surface area contributed by atoms with Gasteiger partial charge in [0.1, 0.15) is 11.6 Å². The Bertz CT molecular complexity index is 441. The van der Waals surface area contributed by atoms with Crippen molar-refractivity contribution in [1.82, 2.24) is 14.9 Å². The van der Waals surface area contributed by atoms with Gasteiger partial charge in [-0.25, -0.2) is 9.97 Å². The molecule has 19 heavy (non-hydrogen) atoms. The molecular formula is C12H19N5OS. The summed E-state index contributed by atoms with van der Waals surface area (Å²) in [7, 11) is 0. The number of likely N-dealkylation sites (tertiary alicyclic amines) is 1. The lowest BCUT2D eigenvalue weighted by Crippen LogP contribution is -2.40. The van der Waals surface area contributed by atoms with E-state index in [1.807, 2.05) is 11.8 Å². The van der Waals surface area contributed by atoms with Crippen LogP contribution in [0.1, 0.15) is 26.2 Å². The molecule has 6 nitrogen and oxygen atoms in total. The van der Waals surface area contributed by atoms with Gasteiger partial charge in [0.2, 0.25) is 5.91 Å². The van der Waals surface area contributed by atoms with E-state index in [0.29, 0.717) is 16.8 Å². The monoisotopic (exact) mass is 281 g/mol. The predicted molar refractivity (Wildman–Crippen MR) is 76.6 cm³/mol. The first-order valence-electron chi connectivity index (χ1n) is 6.42. The van der Waals surface area contributed by atoms with E-state index >= 15 is 0 Å². The lowest BCUT2D eigenvalue weighted by Gasteiger charge is -2.28. The Morgan fingerprint density at radius 3 is 2.42 bits per heavy atom. The maximum atomic E-state index is 12.3. The van der Waals surface area contributed by atoms with E-state index in [9.17, 15) is 4.79 Å². The van der Waals surface area contributed by atoms with Crippen LogP contribution in [0.15, 0.2) is 11.2 Å². The van der Waals surface area contributed by atoms with Gasteiger partial charge in [-0.05, 0) is 26.2 Å². The van der Waals surface area contributed by atoms with Crippen LogP contribution in [0.2, 0.25) is 0 Å². The van der Waals surface area contributed by atoms with Crippen molar-refractivity contribution in [3.63, 3.8) is 0 Å². The van der Waals surface area contributed by atoms with Gasteiger partial charge in [0, 0.05) is 19.2 Å². The van der Waals surface area contributed by atoms with Gasteiger partial charge >= 0.3 is 0 Å². The van der Waals surface area contributed by atoms with Gasteiger partial charge in [0.05, 0.1) is 5.25 Å². The maximum Gasteiger partial charge on any atom is 0.235 e. The summed E-state index contributed by atoms with van der Waals surface area (Å²) in [4.78, 5) is 22.3. The number of nitrogens with zero attached hydrogens (tertiary/aromatic N) is 3. The van der Waals surface area contributed by atoms with Gasteiger partial charge < -0.3 is 16.4 Å². The average Bonchev–Trinajstić information content (AvgIpc) is 2.37. The SMILES string of the molecule is CC(Sc1nc(N)cc(N)n1)C(=O)N1CCCCC1. The van der Waals surface area contributed by atoms with E-state index in [0.717, 1.165) is 25.9 Å². The highest BCUT2D eigenvalue weighted by molar-refractivity contribution is 8.00. The summed E-state index contributed by atoms with van der Waals surface area (Å²) in [5.41, 5.74) is 11.2. The highest BCUT2D eigenvalue weighted by Crippen LogP contribution is 2.24. The standard InChI is InChI=1S/C12H19N5OS/c1-8(11(18)17-5-3-2-4-6-17)19-12-15-9(13)7-10(14)16-12/h7-8H,2-6H2,1H3,(H4,13,14,15,16). The molecule has 1 fully saturated rings. The third-order valence-corrected chi connectivity index (χ3v) is 3.99. The number of nitrogen functional groups attached to an aromatic ring is 2. The van der Waals surface area contributed by atoms with Crippen LogP contribution in [0.3, 0.4) is 0 Å². The van der Waals surface area contributed by atoms with Crippen molar-refractivity contribution < 1.29 is 4.79 Å². The van der Waals surface area contributed by atoms with Crippen LogP contribution in [0.25, 0.3) is 0 Å². The number of amides is 1. The van der Waals surface area contributed by atoms with Crippen LogP contribution in [0, 0.1) is 0 Å². The van der Waals surface area contributed by atoms with Gasteiger partial charge in [-0.3, -0.25) is 4.79 Å². The number of anilines is 2. The second-order valence-electron chi connectivity index (χ2n) is 4.65. The molecule has 2 rings (SSSR count). The number of rotatable bonds is 3. The molecule has 0 aliphatic carbocycles. The molecule has 104 valence electrons. The van der Waals surface area contributed by atoms with E-state index in [2.05, 4.69) is 9.97 Å². The molecule has 1 aliphatic heterocycles. The minimum absolute atomic E-state index is 0.134. The van der Waals surface area contributed by atoms with Crippen molar-refractivity contribution in [2.24, 2.45) is 0 Å². The molecule has 2 heterocycles. The highest BCUT2D eigenvalue weighted by atomic mass is 32.2. The van der Waals surface area contributed by atoms with Crippen molar-refractivity contribution >= 4 is 29.3 Å². The fourth-order valence-electron chi connectivity index (χ4n) is 2.09. The van der Waals surface area contributed by atoms with Crippen LogP contribution in [-0.2, 0) is 4.79 Å². The van der Waals surface area contributed by atoms with Gasteiger partial charge in [-0.2, -0.15) is 0 Å². The molecule has 7 heteroatoms.